The first kappa shape index (κ1) is 11.8. The molecule has 2 heterocycles. The first-order chi connectivity index (χ1) is 8.16. The molecule has 17 heavy (non-hydrogen) atoms. The summed E-state index contributed by atoms with van der Waals surface area (Å²) in [7, 11) is 0. The SMILES string of the molecule is O=C(Nc1cccnc1)c1cc(Cl)ncc1Cl. The van der Waals surface area contributed by atoms with Crippen LogP contribution in [0.4, 0.5) is 5.69 Å². The van der Waals surface area contributed by atoms with E-state index in [9.17, 15) is 4.79 Å². The van der Waals surface area contributed by atoms with Gasteiger partial charge in [0.1, 0.15) is 5.15 Å². The monoisotopic (exact) mass is 267 g/mol. The van der Waals surface area contributed by atoms with Crippen molar-refractivity contribution in [1.29, 1.82) is 0 Å². The zero-order valence-corrected chi connectivity index (χ0v) is 10.0. The largest absolute Gasteiger partial charge is 0.321 e. The van der Waals surface area contributed by atoms with Gasteiger partial charge in [0.25, 0.3) is 5.91 Å². The highest BCUT2D eigenvalue weighted by atomic mass is 35.5. The van der Waals surface area contributed by atoms with E-state index in [4.69, 9.17) is 23.2 Å². The molecule has 6 heteroatoms. The zero-order valence-electron chi connectivity index (χ0n) is 8.52. The van der Waals surface area contributed by atoms with E-state index in [0.717, 1.165) is 0 Å². The van der Waals surface area contributed by atoms with E-state index in [1.165, 1.54) is 18.5 Å². The Morgan fingerprint density at radius 1 is 1.29 bits per heavy atom. The maximum atomic E-state index is 11.9. The number of halogens is 2. The van der Waals surface area contributed by atoms with Crippen molar-refractivity contribution in [3.63, 3.8) is 0 Å². The third kappa shape index (κ3) is 2.93. The van der Waals surface area contributed by atoms with Crippen LogP contribution in [0.2, 0.25) is 10.2 Å². The van der Waals surface area contributed by atoms with Gasteiger partial charge in [0.15, 0.2) is 0 Å². The quantitative estimate of drug-likeness (QED) is 0.851. The van der Waals surface area contributed by atoms with Crippen molar-refractivity contribution in [2.24, 2.45) is 0 Å². The molecule has 0 saturated carbocycles. The molecule has 0 aromatic carbocycles. The highest BCUT2D eigenvalue weighted by Crippen LogP contribution is 2.19. The number of amides is 1. The molecule has 2 rings (SSSR count). The van der Waals surface area contributed by atoms with Crippen molar-refractivity contribution in [2.75, 3.05) is 5.32 Å². The van der Waals surface area contributed by atoms with Gasteiger partial charge in [0.2, 0.25) is 0 Å². The van der Waals surface area contributed by atoms with Crippen molar-refractivity contribution in [3.05, 3.63) is 52.5 Å². The number of aromatic nitrogens is 2. The minimum Gasteiger partial charge on any atom is -0.321 e. The number of anilines is 1. The molecule has 86 valence electrons. The van der Waals surface area contributed by atoms with Gasteiger partial charge >= 0.3 is 0 Å². The van der Waals surface area contributed by atoms with Crippen molar-refractivity contribution in [3.8, 4) is 0 Å². The number of carbonyl (C=O) groups is 1. The van der Waals surface area contributed by atoms with Crippen molar-refractivity contribution >= 4 is 34.8 Å². The highest BCUT2D eigenvalue weighted by Gasteiger charge is 2.11. The molecule has 0 aliphatic heterocycles. The summed E-state index contributed by atoms with van der Waals surface area (Å²) in [4.78, 5) is 19.5. The normalized spacial score (nSPS) is 10.0. The Hall–Kier alpha value is -1.65. The second-order valence-electron chi connectivity index (χ2n) is 3.18. The minimum atomic E-state index is -0.354. The van der Waals surface area contributed by atoms with Crippen LogP contribution in [0.3, 0.4) is 0 Å². The third-order valence-electron chi connectivity index (χ3n) is 1.99. The molecule has 0 saturated heterocycles. The van der Waals surface area contributed by atoms with Crippen LogP contribution in [0.5, 0.6) is 0 Å². The van der Waals surface area contributed by atoms with E-state index in [1.54, 1.807) is 18.3 Å². The fourth-order valence-corrected chi connectivity index (χ4v) is 1.57. The molecular weight excluding hydrogens is 261 g/mol. The number of hydrogen-bond donors (Lipinski definition) is 1. The van der Waals surface area contributed by atoms with Crippen LogP contribution in [0.1, 0.15) is 10.4 Å². The summed E-state index contributed by atoms with van der Waals surface area (Å²) in [6, 6.07) is 4.86. The smallest absolute Gasteiger partial charge is 0.257 e. The lowest BCUT2D eigenvalue weighted by molar-refractivity contribution is 0.102. The number of hydrogen-bond acceptors (Lipinski definition) is 3. The standard InChI is InChI=1S/C11H7Cl2N3O/c12-9-6-15-10(13)4-8(9)11(17)16-7-2-1-3-14-5-7/h1-6H,(H,16,17). The van der Waals surface area contributed by atoms with E-state index in [0.29, 0.717) is 5.69 Å². The van der Waals surface area contributed by atoms with Crippen LogP contribution in [0.15, 0.2) is 36.8 Å². The van der Waals surface area contributed by atoms with Gasteiger partial charge in [-0.05, 0) is 18.2 Å². The lowest BCUT2D eigenvalue weighted by Gasteiger charge is -2.06. The van der Waals surface area contributed by atoms with E-state index in [-0.39, 0.29) is 21.6 Å². The van der Waals surface area contributed by atoms with Crippen LogP contribution >= 0.6 is 23.2 Å². The topological polar surface area (TPSA) is 54.9 Å². The molecule has 1 N–H and O–H groups in total. The molecule has 0 spiro atoms. The summed E-state index contributed by atoms with van der Waals surface area (Å²) in [6.07, 6.45) is 4.49. The van der Waals surface area contributed by atoms with Gasteiger partial charge in [-0.15, -0.1) is 0 Å². The first-order valence-electron chi connectivity index (χ1n) is 4.69. The van der Waals surface area contributed by atoms with Gasteiger partial charge in [0.05, 0.1) is 22.5 Å². The van der Waals surface area contributed by atoms with Crippen molar-refractivity contribution in [2.45, 2.75) is 0 Å². The predicted octanol–water partition coefficient (Wildman–Crippen LogP) is 3.04. The molecule has 2 aromatic heterocycles. The predicted molar refractivity (Wildman–Crippen MR) is 66.4 cm³/mol. The first-order valence-corrected chi connectivity index (χ1v) is 5.45. The Labute approximate surface area is 108 Å². The fraction of sp³-hybridized carbons (Fsp3) is 0. The van der Waals surface area contributed by atoms with Crippen molar-refractivity contribution in [1.82, 2.24) is 9.97 Å². The second kappa shape index (κ2) is 5.12. The molecule has 0 fully saturated rings. The molecule has 0 atom stereocenters. The van der Waals surface area contributed by atoms with E-state index in [2.05, 4.69) is 15.3 Å². The van der Waals surface area contributed by atoms with Crippen LogP contribution < -0.4 is 5.32 Å². The maximum Gasteiger partial charge on any atom is 0.257 e. The summed E-state index contributed by atoms with van der Waals surface area (Å²) in [5.74, 6) is -0.354. The van der Waals surface area contributed by atoms with Gasteiger partial charge in [-0.1, -0.05) is 23.2 Å². The van der Waals surface area contributed by atoms with Crippen LogP contribution in [-0.4, -0.2) is 15.9 Å². The van der Waals surface area contributed by atoms with E-state index in [1.807, 2.05) is 0 Å². The van der Waals surface area contributed by atoms with Gasteiger partial charge < -0.3 is 5.32 Å². The maximum absolute atomic E-state index is 11.9. The molecular formula is C11H7Cl2N3O. The number of rotatable bonds is 2. The molecule has 0 aliphatic carbocycles. The molecule has 0 aliphatic rings. The van der Waals surface area contributed by atoms with Gasteiger partial charge in [0, 0.05) is 12.4 Å². The highest BCUT2D eigenvalue weighted by molar-refractivity contribution is 6.35. The van der Waals surface area contributed by atoms with Crippen LogP contribution in [0.25, 0.3) is 0 Å². The number of pyridine rings is 2. The fourth-order valence-electron chi connectivity index (χ4n) is 1.22. The Kier molecular flexibility index (Phi) is 3.56. The van der Waals surface area contributed by atoms with E-state index >= 15 is 0 Å². The molecule has 2 aromatic rings. The van der Waals surface area contributed by atoms with Gasteiger partial charge in [-0.3, -0.25) is 9.78 Å². The molecule has 0 radical (unpaired) electrons. The summed E-state index contributed by atoms with van der Waals surface area (Å²) >= 11 is 11.6. The Bertz CT molecular complexity index is 546. The molecule has 1 amide bonds. The lowest BCUT2D eigenvalue weighted by atomic mass is 10.2. The Morgan fingerprint density at radius 3 is 2.82 bits per heavy atom. The van der Waals surface area contributed by atoms with Crippen LogP contribution in [-0.2, 0) is 0 Å². The third-order valence-corrected chi connectivity index (χ3v) is 2.49. The lowest BCUT2D eigenvalue weighted by Crippen LogP contribution is -2.12. The zero-order chi connectivity index (χ0) is 12.3. The van der Waals surface area contributed by atoms with Gasteiger partial charge in [-0.2, -0.15) is 0 Å². The Morgan fingerprint density at radius 2 is 2.12 bits per heavy atom. The molecule has 0 unspecified atom stereocenters. The average molecular weight is 268 g/mol. The summed E-state index contributed by atoms with van der Waals surface area (Å²) in [5.41, 5.74) is 0.858. The number of carbonyl (C=O) groups excluding carboxylic acids is 1. The number of nitrogens with zero attached hydrogens (tertiary/aromatic N) is 2. The summed E-state index contributed by atoms with van der Waals surface area (Å²) < 4.78 is 0. The van der Waals surface area contributed by atoms with Crippen molar-refractivity contribution < 1.29 is 4.79 Å². The minimum absolute atomic E-state index is 0.214. The average Bonchev–Trinajstić information content (AvgIpc) is 2.33. The second-order valence-corrected chi connectivity index (χ2v) is 3.98. The summed E-state index contributed by atoms with van der Waals surface area (Å²) in [6.45, 7) is 0. The van der Waals surface area contributed by atoms with E-state index < -0.39 is 0 Å². The Balaban J connectivity index is 2.23. The van der Waals surface area contributed by atoms with Gasteiger partial charge in [-0.25, -0.2) is 4.98 Å². The number of nitrogens with one attached hydrogen (secondary N) is 1. The summed E-state index contributed by atoms with van der Waals surface area (Å²) in [5, 5.41) is 3.11. The molecule has 4 nitrogen and oxygen atoms in total. The molecule has 0 bridgehead atoms. The van der Waals surface area contributed by atoms with Crippen LogP contribution in [0, 0.1) is 0 Å².